The first-order valence-corrected chi connectivity index (χ1v) is 16.6. The van der Waals surface area contributed by atoms with Crippen LogP contribution in [-0.4, -0.2) is 93.8 Å². The van der Waals surface area contributed by atoms with Crippen molar-refractivity contribution >= 4 is 40.6 Å². The van der Waals surface area contributed by atoms with Gasteiger partial charge in [0.25, 0.3) is 0 Å². The minimum Gasteiger partial charge on any atom is -0.371 e. The molecule has 1 aromatic rings. The van der Waals surface area contributed by atoms with Gasteiger partial charge >= 0.3 is 0 Å². The number of halogens is 1. The van der Waals surface area contributed by atoms with Crippen molar-refractivity contribution in [2.24, 2.45) is 17.3 Å². The average molecular weight is 617 g/mol. The molecule has 2 aliphatic heterocycles. The highest BCUT2D eigenvalue weighted by molar-refractivity contribution is 7.80. The van der Waals surface area contributed by atoms with E-state index in [4.69, 9.17) is 23.8 Å². The molecule has 2 amide bonds. The van der Waals surface area contributed by atoms with Gasteiger partial charge < -0.3 is 14.7 Å². The Morgan fingerprint density at radius 2 is 1.60 bits per heavy atom. The van der Waals surface area contributed by atoms with Gasteiger partial charge in [-0.05, 0) is 76.0 Å². The molecule has 0 spiro atoms. The number of carbonyl (C=O) groups excluding carboxylic acids is 2. The largest absolute Gasteiger partial charge is 0.371 e. The standard InChI is InChI=1S/C34H53ClN4O2S/c1-22(2)30(40)39(25-14-16-34(6,7)17-15-25)26-18-29(32(42)36(8)9)38(19-26)31(41)28-21-37(33(3,4)5)20-27(28)23-10-12-24(35)13-11-23/h10-13,22,25-29H,14-21H2,1-9H3/t26-,27-,28+,29-/m0/s1. The Hall–Kier alpha value is -1.70. The molecular formula is C34H53ClN4O2S. The summed E-state index contributed by atoms with van der Waals surface area (Å²) in [6, 6.07) is 7.97. The first-order chi connectivity index (χ1) is 19.5. The molecule has 3 fully saturated rings. The maximum absolute atomic E-state index is 14.7. The predicted molar refractivity (Wildman–Crippen MR) is 177 cm³/mol. The van der Waals surface area contributed by atoms with Crippen LogP contribution in [0.5, 0.6) is 0 Å². The molecule has 8 heteroatoms. The maximum Gasteiger partial charge on any atom is 0.228 e. The molecule has 0 N–H and O–H groups in total. The van der Waals surface area contributed by atoms with Gasteiger partial charge in [0.05, 0.1) is 18.0 Å². The molecule has 1 aliphatic carbocycles. The highest BCUT2D eigenvalue weighted by Gasteiger charge is 2.50. The van der Waals surface area contributed by atoms with Crippen molar-refractivity contribution in [1.82, 2.24) is 19.6 Å². The summed E-state index contributed by atoms with van der Waals surface area (Å²) in [4.78, 5) is 37.9. The van der Waals surface area contributed by atoms with Crippen LogP contribution in [0.3, 0.4) is 0 Å². The van der Waals surface area contributed by atoms with Gasteiger partial charge in [0.1, 0.15) is 4.99 Å². The second kappa shape index (κ2) is 12.7. The Labute approximate surface area is 265 Å². The molecule has 0 aromatic heterocycles. The van der Waals surface area contributed by atoms with E-state index in [0.717, 1.165) is 42.8 Å². The number of hydrogen-bond acceptors (Lipinski definition) is 4. The van der Waals surface area contributed by atoms with E-state index >= 15 is 0 Å². The smallest absolute Gasteiger partial charge is 0.228 e. The highest BCUT2D eigenvalue weighted by Crippen LogP contribution is 2.42. The van der Waals surface area contributed by atoms with Gasteiger partial charge in [-0.25, -0.2) is 0 Å². The van der Waals surface area contributed by atoms with Gasteiger partial charge in [-0.15, -0.1) is 0 Å². The summed E-state index contributed by atoms with van der Waals surface area (Å²) in [6.45, 7) is 17.4. The topological polar surface area (TPSA) is 47.1 Å². The average Bonchev–Trinajstić information content (AvgIpc) is 3.55. The molecule has 6 nitrogen and oxygen atoms in total. The Morgan fingerprint density at radius 3 is 2.12 bits per heavy atom. The van der Waals surface area contributed by atoms with Crippen molar-refractivity contribution in [3.63, 3.8) is 0 Å². The first kappa shape index (κ1) is 33.2. The quantitative estimate of drug-likeness (QED) is 0.343. The van der Waals surface area contributed by atoms with Crippen molar-refractivity contribution in [1.29, 1.82) is 0 Å². The Morgan fingerprint density at radius 1 is 1.00 bits per heavy atom. The zero-order valence-electron chi connectivity index (χ0n) is 27.3. The van der Waals surface area contributed by atoms with Crippen molar-refractivity contribution in [3.05, 3.63) is 34.9 Å². The van der Waals surface area contributed by atoms with E-state index in [1.807, 2.05) is 49.9 Å². The summed E-state index contributed by atoms with van der Waals surface area (Å²) < 4.78 is 0. The zero-order valence-corrected chi connectivity index (χ0v) is 28.9. The summed E-state index contributed by atoms with van der Waals surface area (Å²) in [6.07, 6.45) is 4.95. The van der Waals surface area contributed by atoms with Crippen LogP contribution in [0.1, 0.15) is 92.1 Å². The van der Waals surface area contributed by atoms with Gasteiger partial charge in [-0.2, -0.15) is 0 Å². The third kappa shape index (κ3) is 7.15. The lowest BCUT2D eigenvalue weighted by molar-refractivity contribution is -0.142. The number of carbonyl (C=O) groups is 2. The van der Waals surface area contributed by atoms with Crippen LogP contribution in [-0.2, 0) is 9.59 Å². The van der Waals surface area contributed by atoms with Gasteiger partial charge in [0, 0.05) is 62.2 Å². The van der Waals surface area contributed by atoms with Crippen molar-refractivity contribution in [3.8, 4) is 0 Å². The Kier molecular flexibility index (Phi) is 10.1. The number of thiocarbonyl (C=S) groups is 1. The normalized spacial score (nSPS) is 27.0. The van der Waals surface area contributed by atoms with Gasteiger partial charge in [-0.1, -0.05) is 63.6 Å². The molecule has 0 radical (unpaired) electrons. The molecule has 0 unspecified atom stereocenters. The van der Waals surface area contributed by atoms with Crippen molar-refractivity contribution in [2.45, 2.75) is 110 Å². The fourth-order valence-corrected chi connectivity index (χ4v) is 7.62. The summed E-state index contributed by atoms with van der Waals surface area (Å²) in [5.41, 5.74) is 1.41. The second-order valence-electron chi connectivity index (χ2n) is 15.3. The van der Waals surface area contributed by atoms with Crippen LogP contribution in [0.25, 0.3) is 0 Å². The number of amides is 2. The van der Waals surface area contributed by atoms with Crippen LogP contribution >= 0.6 is 23.8 Å². The fourth-order valence-electron chi connectivity index (χ4n) is 7.27. The number of nitrogens with zero attached hydrogens (tertiary/aromatic N) is 4. The molecule has 1 saturated carbocycles. The third-order valence-corrected chi connectivity index (χ3v) is 10.9. The highest BCUT2D eigenvalue weighted by atomic mass is 35.5. The van der Waals surface area contributed by atoms with Crippen LogP contribution < -0.4 is 0 Å². The Bertz CT molecular complexity index is 1140. The van der Waals surface area contributed by atoms with Gasteiger partial charge in [-0.3, -0.25) is 14.5 Å². The molecule has 4 rings (SSSR count). The van der Waals surface area contributed by atoms with Crippen LogP contribution in [0, 0.1) is 17.3 Å². The first-order valence-electron chi connectivity index (χ1n) is 15.8. The van der Waals surface area contributed by atoms with E-state index in [1.165, 1.54) is 0 Å². The zero-order chi connectivity index (χ0) is 31.1. The number of rotatable bonds is 6. The summed E-state index contributed by atoms with van der Waals surface area (Å²) >= 11 is 12.2. The molecule has 1 aromatic carbocycles. The lowest BCUT2D eigenvalue weighted by atomic mass is 9.75. The van der Waals surface area contributed by atoms with E-state index in [1.54, 1.807) is 0 Å². The van der Waals surface area contributed by atoms with Crippen LogP contribution in [0.15, 0.2) is 24.3 Å². The summed E-state index contributed by atoms with van der Waals surface area (Å²) in [7, 11) is 3.93. The number of benzene rings is 1. The lowest BCUT2D eigenvalue weighted by Crippen LogP contribution is -2.52. The third-order valence-electron chi connectivity index (χ3n) is 10.0. The molecular weight excluding hydrogens is 564 g/mol. The second-order valence-corrected chi connectivity index (χ2v) is 16.1. The van der Waals surface area contributed by atoms with E-state index < -0.39 is 0 Å². The summed E-state index contributed by atoms with van der Waals surface area (Å²) in [5, 5.41) is 0.701. The Balaban J connectivity index is 1.67. The summed E-state index contributed by atoms with van der Waals surface area (Å²) in [5.74, 6) is 0.137. The fraction of sp³-hybridized carbons (Fsp3) is 0.735. The van der Waals surface area contributed by atoms with Crippen molar-refractivity contribution < 1.29 is 9.59 Å². The van der Waals surface area contributed by atoms with Gasteiger partial charge in [0.15, 0.2) is 0 Å². The minimum absolute atomic E-state index is 0.0351. The number of hydrogen-bond donors (Lipinski definition) is 0. The van der Waals surface area contributed by atoms with Gasteiger partial charge in [0.2, 0.25) is 11.8 Å². The molecule has 4 atom stereocenters. The molecule has 0 bridgehead atoms. The maximum atomic E-state index is 14.7. The minimum atomic E-state index is -0.204. The number of likely N-dealkylation sites (N-methyl/N-ethyl adjacent to an activating group) is 1. The predicted octanol–water partition coefficient (Wildman–Crippen LogP) is 6.47. The SMILES string of the molecule is CC(C)C(=O)N(C1CCC(C)(C)CC1)[C@H]1C[C@@H](C(=S)N(C)C)N(C(=O)[C@@H]2CN(C(C)(C)C)C[C@H]2c2ccc(Cl)cc2)C1. The van der Waals surface area contributed by atoms with Crippen LogP contribution in [0.2, 0.25) is 5.02 Å². The molecule has 234 valence electrons. The van der Waals surface area contributed by atoms with E-state index in [0.29, 0.717) is 29.9 Å². The van der Waals surface area contributed by atoms with E-state index in [-0.39, 0.29) is 53.2 Å². The molecule has 42 heavy (non-hydrogen) atoms. The van der Waals surface area contributed by atoms with Crippen molar-refractivity contribution in [2.75, 3.05) is 33.7 Å². The monoisotopic (exact) mass is 616 g/mol. The molecule has 2 heterocycles. The number of likely N-dealkylation sites (tertiary alicyclic amines) is 2. The van der Waals surface area contributed by atoms with E-state index in [2.05, 4.69) is 56.6 Å². The molecule has 3 aliphatic rings. The molecule has 2 saturated heterocycles. The lowest BCUT2D eigenvalue weighted by Gasteiger charge is -2.43. The van der Waals surface area contributed by atoms with Crippen LogP contribution in [0.4, 0.5) is 0 Å². The van der Waals surface area contributed by atoms with E-state index in [9.17, 15) is 9.59 Å².